The van der Waals surface area contributed by atoms with E-state index < -0.39 is 12.1 Å². The fourth-order valence-corrected chi connectivity index (χ4v) is 3.88. The summed E-state index contributed by atoms with van der Waals surface area (Å²) in [5.74, 6) is -0.0727. The van der Waals surface area contributed by atoms with Crippen LogP contribution < -0.4 is 16.4 Å². The lowest BCUT2D eigenvalue weighted by Crippen LogP contribution is -2.42. The van der Waals surface area contributed by atoms with Crippen molar-refractivity contribution in [3.05, 3.63) is 36.0 Å². The van der Waals surface area contributed by atoms with Crippen LogP contribution in [0.25, 0.3) is 10.9 Å². The number of aromatic nitrogens is 1. The van der Waals surface area contributed by atoms with Gasteiger partial charge in [-0.25, -0.2) is 0 Å². The van der Waals surface area contributed by atoms with Crippen LogP contribution in [0.2, 0.25) is 0 Å². The van der Waals surface area contributed by atoms with E-state index in [0.29, 0.717) is 31.5 Å². The fourth-order valence-electron chi connectivity index (χ4n) is 3.88. The van der Waals surface area contributed by atoms with Crippen molar-refractivity contribution >= 4 is 22.7 Å². The number of nitrogens with one attached hydrogen (secondary N) is 3. The number of benzene rings is 1. The van der Waals surface area contributed by atoms with Gasteiger partial charge >= 0.3 is 0 Å². The van der Waals surface area contributed by atoms with Gasteiger partial charge in [0, 0.05) is 42.1 Å². The van der Waals surface area contributed by atoms with E-state index in [4.69, 9.17) is 5.73 Å². The molecule has 0 saturated heterocycles. The Morgan fingerprint density at radius 2 is 1.84 bits per heavy atom. The van der Waals surface area contributed by atoms with Crippen LogP contribution in [-0.2, 0) is 4.79 Å². The lowest BCUT2D eigenvalue weighted by atomic mass is 9.86. The van der Waals surface area contributed by atoms with Crippen LogP contribution in [0.15, 0.2) is 30.5 Å². The third-order valence-corrected chi connectivity index (χ3v) is 6.24. The van der Waals surface area contributed by atoms with Gasteiger partial charge in [0.1, 0.15) is 0 Å². The van der Waals surface area contributed by atoms with Gasteiger partial charge in [-0.1, -0.05) is 52.3 Å². The fraction of sp³-hybridized carbons (Fsp3) is 0.600. The number of amides is 2. The van der Waals surface area contributed by atoms with Crippen LogP contribution >= 0.6 is 0 Å². The summed E-state index contributed by atoms with van der Waals surface area (Å²) in [7, 11) is 0. The third-order valence-electron chi connectivity index (χ3n) is 6.24. The molecule has 1 aromatic heterocycles. The molecule has 0 spiro atoms. The quantitative estimate of drug-likeness (QED) is 0.305. The predicted octanol–water partition coefficient (Wildman–Crippen LogP) is 3.19. The van der Waals surface area contributed by atoms with Crippen molar-refractivity contribution in [1.29, 1.82) is 0 Å². The predicted molar refractivity (Wildman–Crippen MR) is 129 cm³/mol. The molecule has 0 fully saturated rings. The second-order valence-electron chi connectivity index (χ2n) is 9.21. The van der Waals surface area contributed by atoms with E-state index >= 15 is 0 Å². The summed E-state index contributed by atoms with van der Waals surface area (Å²) in [6.07, 6.45) is 3.82. The Hall–Kier alpha value is -2.38. The molecule has 0 saturated carbocycles. The number of unbranched alkanes of at least 4 members (excludes halogenated alkanes) is 1. The Balaban J connectivity index is 1.87. The molecule has 2 rings (SSSR count). The van der Waals surface area contributed by atoms with Crippen LogP contribution in [0.1, 0.15) is 63.7 Å². The second kappa shape index (κ2) is 12.6. The number of hydrogen-bond donors (Lipinski definition) is 5. The van der Waals surface area contributed by atoms with E-state index in [-0.39, 0.29) is 29.6 Å². The minimum Gasteiger partial charge on any atom is -0.391 e. The second-order valence-corrected chi connectivity index (χ2v) is 9.21. The van der Waals surface area contributed by atoms with E-state index in [1.54, 1.807) is 6.20 Å². The Morgan fingerprint density at radius 1 is 1.12 bits per heavy atom. The van der Waals surface area contributed by atoms with Crippen molar-refractivity contribution in [1.82, 2.24) is 15.6 Å². The highest BCUT2D eigenvalue weighted by molar-refractivity contribution is 6.06. The van der Waals surface area contributed by atoms with E-state index in [0.717, 1.165) is 23.7 Å². The molecule has 178 valence electrons. The monoisotopic (exact) mass is 444 g/mol. The zero-order valence-electron chi connectivity index (χ0n) is 19.9. The minimum atomic E-state index is -0.771. The first-order valence-electron chi connectivity index (χ1n) is 11.8. The number of hydrogen-bond acceptors (Lipinski definition) is 4. The van der Waals surface area contributed by atoms with Crippen molar-refractivity contribution in [2.75, 3.05) is 13.1 Å². The SMILES string of the molecule is CCCCNC(=O)C(C)CC(O)C(N)CC(CNC(=O)c1c[nH]c2ccccc12)C(C)C. The maximum absolute atomic E-state index is 12.7. The number of para-hydroxylation sites is 1. The van der Waals surface area contributed by atoms with E-state index in [1.165, 1.54) is 0 Å². The van der Waals surface area contributed by atoms with Crippen LogP contribution in [0.4, 0.5) is 0 Å². The molecule has 7 nitrogen and oxygen atoms in total. The molecule has 4 unspecified atom stereocenters. The van der Waals surface area contributed by atoms with Gasteiger partial charge in [0.25, 0.3) is 5.91 Å². The molecule has 0 radical (unpaired) electrons. The molecule has 2 aromatic rings. The van der Waals surface area contributed by atoms with Crippen LogP contribution in [0, 0.1) is 17.8 Å². The number of fused-ring (bicyclic) bond motifs is 1. The van der Waals surface area contributed by atoms with E-state index in [2.05, 4.69) is 36.4 Å². The van der Waals surface area contributed by atoms with Gasteiger partial charge in [-0.2, -0.15) is 0 Å². The Morgan fingerprint density at radius 3 is 2.53 bits per heavy atom. The minimum absolute atomic E-state index is 0.0453. The average Bonchev–Trinajstić information content (AvgIpc) is 3.20. The Bertz CT molecular complexity index is 864. The first kappa shape index (κ1) is 25.9. The first-order chi connectivity index (χ1) is 15.2. The standard InChI is InChI=1S/C25H40N4O3/c1-5-6-11-27-24(31)17(4)12-23(30)21(26)13-18(16(2)3)14-29-25(32)20-15-28-22-10-8-7-9-19(20)22/h7-10,15-18,21,23,28,30H,5-6,11-14,26H2,1-4H3,(H,27,31)(H,29,32). The summed E-state index contributed by atoms with van der Waals surface area (Å²) in [5, 5.41) is 17.4. The molecule has 7 heteroatoms. The molecule has 0 aliphatic rings. The summed E-state index contributed by atoms with van der Waals surface area (Å²) < 4.78 is 0. The molecule has 32 heavy (non-hydrogen) atoms. The molecule has 0 aliphatic heterocycles. The Kier molecular flexibility index (Phi) is 10.2. The van der Waals surface area contributed by atoms with Crippen LogP contribution in [0.3, 0.4) is 0 Å². The topological polar surface area (TPSA) is 120 Å². The van der Waals surface area contributed by atoms with Gasteiger partial charge < -0.3 is 26.5 Å². The summed E-state index contributed by atoms with van der Waals surface area (Å²) in [6, 6.07) is 7.24. The maximum atomic E-state index is 12.7. The summed E-state index contributed by atoms with van der Waals surface area (Å²) in [5.41, 5.74) is 7.85. The normalized spacial score (nSPS) is 15.3. The largest absolute Gasteiger partial charge is 0.391 e. The van der Waals surface area contributed by atoms with E-state index in [1.807, 2.05) is 31.2 Å². The summed E-state index contributed by atoms with van der Waals surface area (Å²) >= 11 is 0. The maximum Gasteiger partial charge on any atom is 0.253 e. The molecule has 0 aliphatic carbocycles. The molecule has 0 bridgehead atoms. The van der Waals surface area contributed by atoms with Gasteiger partial charge in [0.2, 0.25) is 5.91 Å². The lowest BCUT2D eigenvalue weighted by molar-refractivity contribution is -0.125. The number of aromatic amines is 1. The van der Waals surface area contributed by atoms with Crippen LogP contribution in [0.5, 0.6) is 0 Å². The lowest BCUT2D eigenvalue weighted by Gasteiger charge is -2.28. The summed E-state index contributed by atoms with van der Waals surface area (Å²) in [6.45, 7) is 9.21. The average molecular weight is 445 g/mol. The molecule has 1 aromatic carbocycles. The molecule has 6 N–H and O–H groups in total. The van der Waals surface area contributed by atoms with Gasteiger partial charge in [-0.05, 0) is 37.2 Å². The van der Waals surface area contributed by atoms with Crippen LogP contribution in [-0.4, -0.2) is 47.1 Å². The number of carbonyl (C=O) groups is 2. The smallest absolute Gasteiger partial charge is 0.253 e. The van der Waals surface area contributed by atoms with E-state index in [9.17, 15) is 14.7 Å². The highest BCUT2D eigenvalue weighted by Gasteiger charge is 2.26. The zero-order valence-corrected chi connectivity index (χ0v) is 19.9. The van der Waals surface area contributed by atoms with Gasteiger partial charge in [0.15, 0.2) is 0 Å². The number of aliphatic hydroxyl groups excluding tert-OH is 1. The molecule has 4 atom stereocenters. The number of rotatable bonds is 13. The number of aliphatic hydroxyl groups is 1. The van der Waals surface area contributed by atoms with Gasteiger partial charge in [0.05, 0.1) is 11.7 Å². The zero-order chi connectivity index (χ0) is 23.7. The van der Waals surface area contributed by atoms with Gasteiger partial charge in [-0.15, -0.1) is 0 Å². The highest BCUT2D eigenvalue weighted by atomic mass is 16.3. The third kappa shape index (κ3) is 7.35. The van der Waals surface area contributed by atoms with Crippen molar-refractivity contribution in [2.24, 2.45) is 23.5 Å². The molecular weight excluding hydrogens is 404 g/mol. The van der Waals surface area contributed by atoms with Crippen molar-refractivity contribution in [2.45, 2.75) is 65.5 Å². The summed E-state index contributed by atoms with van der Waals surface area (Å²) in [4.78, 5) is 28.0. The number of carbonyl (C=O) groups excluding carboxylic acids is 2. The van der Waals surface area contributed by atoms with Crippen molar-refractivity contribution < 1.29 is 14.7 Å². The first-order valence-corrected chi connectivity index (χ1v) is 11.8. The molecular formula is C25H40N4O3. The number of H-pyrrole nitrogens is 1. The highest BCUT2D eigenvalue weighted by Crippen LogP contribution is 2.21. The molecule has 1 heterocycles. The van der Waals surface area contributed by atoms with Crippen molar-refractivity contribution in [3.8, 4) is 0 Å². The van der Waals surface area contributed by atoms with Gasteiger partial charge in [-0.3, -0.25) is 9.59 Å². The van der Waals surface area contributed by atoms with Crippen molar-refractivity contribution in [3.63, 3.8) is 0 Å². The molecule has 2 amide bonds. The number of nitrogens with two attached hydrogens (primary N) is 1. The Labute approximate surface area is 191 Å².